The van der Waals surface area contributed by atoms with Gasteiger partial charge >= 0.3 is 5.97 Å². The molecule has 0 aromatic heterocycles. The van der Waals surface area contributed by atoms with Gasteiger partial charge in [-0.25, -0.2) is 0 Å². The first-order valence-electron chi connectivity index (χ1n) is 7.55. The SMILES string of the molecule is CC(C)[C@H]1CC[C@@H](C)C[C@@H]1OC(=O)CSC1=NCCS1. The molecular formula is C15H25NO2S2. The van der Waals surface area contributed by atoms with Gasteiger partial charge in [-0.05, 0) is 30.6 Å². The predicted octanol–water partition coefficient (Wildman–Crippen LogP) is 3.83. The van der Waals surface area contributed by atoms with Crippen LogP contribution >= 0.6 is 23.5 Å². The van der Waals surface area contributed by atoms with Crippen LogP contribution in [0.2, 0.25) is 0 Å². The van der Waals surface area contributed by atoms with Gasteiger partial charge in [0.1, 0.15) is 10.5 Å². The van der Waals surface area contributed by atoms with Gasteiger partial charge in [0.15, 0.2) is 0 Å². The van der Waals surface area contributed by atoms with Crippen LogP contribution in [0, 0.1) is 17.8 Å². The number of carbonyl (C=O) groups excluding carboxylic acids is 1. The van der Waals surface area contributed by atoms with E-state index in [4.69, 9.17) is 4.74 Å². The van der Waals surface area contributed by atoms with E-state index in [0.29, 0.717) is 23.5 Å². The van der Waals surface area contributed by atoms with Gasteiger partial charge in [0.05, 0.1) is 12.3 Å². The molecule has 3 atom stereocenters. The molecule has 3 nitrogen and oxygen atoms in total. The number of nitrogens with zero attached hydrogens (tertiary/aromatic N) is 1. The molecule has 0 bridgehead atoms. The zero-order chi connectivity index (χ0) is 14.5. The Labute approximate surface area is 130 Å². The van der Waals surface area contributed by atoms with Crippen LogP contribution in [-0.4, -0.2) is 34.5 Å². The van der Waals surface area contributed by atoms with Crippen molar-refractivity contribution >= 4 is 33.9 Å². The van der Waals surface area contributed by atoms with Crippen LogP contribution in [-0.2, 0) is 9.53 Å². The van der Waals surface area contributed by atoms with Crippen LogP contribution in [0.4, 0.5) is 0 Å². The van der Waals surface area contributed by atoms with E-state index in [2.05, 4.69) is 25.8 Å². The lowest BCUT2D eigenvalue weighted by molar-refractivity contribution is -0.152. The molecule has 0 aromatic rings. The van der Waals surface area contributed by atoms with E-state index >= 15 is 0 Å². The molecule has 5 heteroatoms. The fraction of sp³-hybridized carbons (Fsp3) is 0.867. The third-order valence-corrected chi connectivity index (χ3v) is 6.34. The minimum absolute atomic E-state index is 0.0741. The maximum Gasteiger partial charge on any atom is 0.316 e. The molecule has 1 fully saturated rings. The van der Waals surface area contributed by atoms with Crippen LogP contribution in [0.15, 0.2) is 4.99 Å². The topological polar surface area (TPSA) is 38.7 Å². The average Bonchev–Trinajstić information content (AvgIpc) is 2.89. The standard InChI is InChI=1S/C15H25NO2S2/c1-10(2)12-5-4-11(3)8-13(12)18-14(17)9-20-15-16-6-7-19-15/h10-13H,4-9H2,1-3H3/t11-,12-,13+/m1/s1. The minimum Gasteiger partial charge on any atom is -0.461 e. The highest BCUT2D eigenvalue weighted by Crippen LogP contribution is 2.35. The predicted molar refractivity (Wildman–Crippen MR) is 88.4 cm³/mol. The lowest BCUT2D eigenvalue weighted by atomic mass is 9.75. The number of thioether (sulfide) groups is 2. The number of carbonyl (C=O) groups is 1. The molecule has 0 spiro atoms. The van der Waals surface area contributed by atoms with E-state index in [0.717, 1.165) is 23.1 Å². The maximum atomic E-state index is 12.0. The van der Waals surface area contributed by atoms with Crippen molar-refractivity contribution in [1.29, 1.82) is 0 Å². The Morgan fingerprint density at radius 2 is 2.30 bits per heavy atom. The first-order chi connectivity index (χ1) is 9.56. The van der Waals surface area contributed by atoms with Gasteiger partial charge in [-0.15, -0.1) is 0 Å². The van der Waals surface area contributed by atoms with Crippen molar-refractivity contribution in [3.63, 3.8) is 0 Å². The summed E-state index contributed by atoms with van der Waals surface area (Å²) in [5.74, 6) is 3.16. The quantitative estimate of drug-likeness (QED) is 0.739. The Morgan fingerprint density at radius 3 is 2.95 bits per heavy atom. The number of ether oxygens (including phenoxy) is 1. The highest BCUT2D eigenvalue weighted by atomic mass is 32.2. The number of rotatable bonds is 4. The van der Waals surface area contributed by atoms with Crippen molar-refractivity contribution < 1.29 is 9.53 Å². The second kappa shape index (κ2) is 7.74. The van der Waals surface area contributed by atoms with Gasteiger partial charge in [0.2, 0.25) is 0 Å². The smallest absolute Gasteiger partial charge is 0.316 e. The summed E-state index contributed by atoms with van der Waals surface area (Å²) in [7, 11) is 0. The number of hydrogen-bond donors (Lipinski definition) is 0. The van der Waals surface area contributed by atoms with Crippen LogP contribution < -0.4 is 0 Å². The molecular weight excluding hydrogens is 290 g/mol. The molecule has 2 rings (SSSR count). The monoisotopic (exact) mass is 315 g/mol. The normalized spacial score (nSPS) is 30.4. The first-order valence-corrected chi connectivity index (χ1v) is 9.53. The zero-order valence-electron chi connectivity index (χ0n) is 12.6. The maximum absolute atomic E-state index is 12.0. The Kier molecular flexibility index (Phi) is 6.27. The number of esters is 1. The van der Waals surface area contributed by atoms with Crippen LogP contribution in [0.25, 0.3) is 0 Å². The Hall–Kier alpha value is -0.160. The average molecular weight is 316 g/mol. The van der Waals surface area contributed by atoms with E-state index < -0.39 is 0 Å². The van der Waals surface area contributed by atoms with E-state index in [9.17, 15) is 4.79 Å². The van der Waals surface area contributed by atoms with Crippen LogP contribution in [0.3, 0.4) is 0 Å². The second-order valence-corrected chi connectivity index (χ2v) is 8.45. The van der Waals surface area contributed by atoms with Gasteiger partial charge in [0, 0.05) is 5.75 Å². The largest absolute Gasteiger partial charge is 0.461 e. The Morgan fingerprint density at radius 1 is 1.50 bits per heavy atom. The fourth-order valence-electron chi connectivity index (χ4n) is 2.98. The molecule has 114 valence electrons. The summed E-state index contributed by atoms with van der Waals surface area (Å²) >= 11 is 3.27. The summed E-state index contributed by atoms with van der Waals surface area (Å²) in [5.41, 5.74) is 0. The molecule has 0 N–H and O–H groups in total. The summed E-state index contributed by atoms with van der Waals surface area (Å²) in [6.07, 6.45) is 3.59. The summed E-state index contributed by atoms with van der Waals surface area (Å²) < 4.78 is 6.81. The van der Waals surface area contributed by atoms with E-state index in [-0.39, 0.29) is 12.1 Å². The minimum atomic E-state index is -0.0741. The summed E-state index contributed by atoms with van der Waals surface area (Å²) in [4.78, 5) is 16.4. The molecule has 1 aliphatic carbocycles. The molecule has 0 aromatic carbocycles. The number of hydrogen-bond acceptors (Lipinski definition) is 5. The first kappa shape index (κ1) is 16.2. The summed E-state index contributed by atoms with van der Waals surface area (Å²) in [6, 6.07) is 0. The molecule has 1 aliphatic heterocycles. The van der Waals surface area contributed by atoms with Gasteiger partial charge in [0.25, 0.3) is 0 Å². The van der Waals surface area contributed by atoms with Crippen molar-refractivity contribution in [1.82, 2.24) is 0 Å². The molecule has 0 saturated heterocycles. The Balaban J connectivity index is 1.80. The second-order valence-electron chi connectivity index (χ2n) is 6.14. The highest BCUT2D eigenvalue weighted by molar-refractivity contribution is 8.39. The fourth-order valence-corrected chi connectivity index (χ4v) is 4.77. The van der Waals surface area contributed by atoms with Crippen molar-refractivity contribution in [3.8, 4) is 0 Å². The van der Waals surface area contributed by atoms with E-state index in [1.165, 1.54) is 24.6 Å². The highest BCUT2D eigenvalue weighted by Gasteiger charge is 2.33. The van der Waals surface area contributed by atoms with Crippen molar-refractivity contribution in [2.45, 2.75) is 46.1 Å². The van der Waals surface area contributed by atoms with Gasteiger partial charge in [-0.3, -0.25) is 9.79 Å². The molecule has 2 aliphatic rings. The van der Waals surface area contributed by atoms with E-state index in [1.807, 2.05) is 0 Å². The lowest BCUT2D eigenvalue weighted by Gasteiger charge is -2.36. The van der Waals surface area contributed by atoms with Crippen molar-refractivity contribution in [2.75, 3.05) is 18.1 Å². The third-order valence-electron chi connectivity index (χ3n) is 4.12. The number of aliphatic imine (C=N–C) groups is 1. The lowest BCUT2D eigenvalue weighted by Crippen LogP contribution is -2.36. The van der Waals surface area contributed by atoms with Crippen LogP contribution in [0.1, 0.15) is 40.0 Å². The Bertz CT molecular complexity index is 371. The van der Waals surface area contributed by atoms with E-state index in [1.54, 1.807) is 11.8 Å². The van der Waals surface area contributed by atoms with Crippen LogP contribution in [0.5, 0.6) is 0 Å². The molecule has 1 heterocycles. The van der Waals surface area contributed by atoms with Crippen molar-refractivity contribution in [2.24, 2.45) is 22.7 Å². The van der Waals surface area contributed by atoms with Crippen molar-refractivity contribution in [3.05, 3.63) is 0 Å². The van der Waals surface area contributed by atoms with Gasteiger partial charge in [-0.2, -0.15) is 0 Å². The molecule has 1 saturated carbocycles. The third kappa shape index (κ3) is 4.69. The molecule has 20 heavy (non-hydrogen) atoms. The summed E-state index contributed by atoms with van der Waals surface area (Å²) in [6.45, 7) is 7.62. The van der Waals surface area contributed by atoms with Gasteiger partial charge < -0.3 is 4.74 Å². The molecule has 0 unspecified atom stereocenters. The zero-order valence-corrected chi connectivity index (χ0v) is 14.3. The molecule has 0 amide bonds. The molecule has 0 radical (unpaired) electrons. The summed E-state index contributed by atoms with van der Waals surface area (Å²) in [5, 5.41) is 0. The van der Waals surface area contributed by atoms with Gasteiger partial charge in [-0.1, -0.05) is 50.7 Å².